The molecule has 0 saturated heterocycles. The Morgan fingerprint density at radius 3 is 2.05 bits per heavy atom. The smallest absolute Gasteiger partial charge is 1.00 e. The first-order valence-electron chi connectivity index (χ1n) is 7.19. The number of rotatable bonds is 11. The minimum absolute atomic E-state index is 0. The molecule has 1 atom stereocenters. The zero-order valence-corrected chi connectivity index (χ0v) is 18.1. The van der Waals surface area contributed by atoms with Gasteiger partial charge in [-0.05, 0) is 6.42 Å². The van der Waals surface area contributed by atoms with Crippen LogP contribution in [0.1, 0.15) is 67.6 Å². The molecule has 22 heavy (non-hydrogen) atoms. The van der Waals surface area contributed by atoms with E-state index in [1.54, 1.807) is 0 Å². The number of ether oxygens (including phenoxy) is 1. The van der Waals surface area contributed by atoms with E-state index >= 15 is 0 Å². The molecular weight excluding hydrogens is 308 g/mol. The summed E-state index contributed by atoms with van der Waals surface area (Å²) in [6.45, 7) is 2.15. The van der Waals surface area contributed by atoms with E-state index in [2.05, 4.69) is 11.7 Å². The number of carboxylic acid groups (broad SMARTS) is 1. The fourth-order valence-electron chi connectivity index (χ4n) is 1.74. The first kappa shape index (κ1) is 27.4. The second kappa shape index (κ2) is 17.9. The summed E-state index contributed by atoms with van der Waals surface area (Å²) in [5.74, 6) is -2.81. The van der Waals surface area contributed by atoms with E-state index < -0.39 is 30.4 Å². The maximum absolute atomic E-state index is 11.3. The topological polar surface area (TPSA) is 107 Å². The summed E-state index contributed by atoms with van der Waals surface area (Å²) in [7, 11) is 0. The fraction of sp³-hybridized carbons (Fsp3) is 0.786. The number of carbonyl (C=O) groups is 3. The predicted octanol–water partition coefficient (Wildman–Crippen LogP) is -3.77. The standard InChI is InChI=1S/C14H25NO5.2Na.2H/c1-2-3-4-5-6-7-8-9-13(18)20-14(19)11(15)10-12(16)17;;;;/h11H,2-10,15H2,1H3,(H,16,17);;;;/q;2*+1;2*-1. The molecule has 120 valence electrons. The Balaban J connectivity index is -0.000000301. The molecule has 0 aliphatic carbocycles. The number of unbranched alkanes of at least 4 members (excludes halogenated alkanes) is 6. The van der Waals surface area contributed by atoms with Crippen LogP contribution in [-0.4, -0.2) is 29.1 Å². The SMILES string of the molecule is CCCCCCCCCC(=O)OC(=O)C(N)CC(=O)O.[H-].[H-].[Na+].[Na+]. The van der Waals surface area contributed by atoms with Gasteiger partial charge < -0.3 is 18.4 Å². The largest absolute Gasteiger partial charge is 1.00 e. The first-order chi connectivity index (χ1) is 9.47. The van der Waals surface area contributed by atoms with Gasteiger partial charge in [0.1, 0.15) is 6.04 Å². The summed E-state index contributed by atoms with van der Waals surface area (Å²) < 4.78 is 4.49. The maximum atomic E-state index is 11.3. The van der Waals surface area contributed by atoms with Gasteiger partial charge in [-0.1, -0.05) is 45.4 Å². The summed E-state index contributed by atoms with van der Waals surface area (Å²) in [6.07, 6.45) is 7.10. The molecule has 0 rings (SSSR count). The van der Waals surface area contributed by atoms with Crippen LogP contribution in [0.3, 0.4) is 0 Å². The predicted molar refractivity (Wildman–Crippen MR) is 76.2 cm³/mol. The number of carboxylic acids is 1. The molecule has 0 radical (unpaired) electrons. The molecule has 0 bridgehead atoms. The quantitative estimate of drug-likeness (QED) is 0.174. The summed E-state index contributed by atoms with van der Waals surface area (Å²) >= 11 is 0. The van der Waals surface area contributed by atoms with Crippen molar-refractivity contribution in [3.63, 3.8) is 0 Å². The van der Waals surface area contributed by atoms with Crippen LogP contribution in [0.5, 0.6) is 0 Å². The average molecular weight is 335 g/mol. The van der Waals surface area contributed by atoms with Crippen molar-refractivity contribution in [2.45, 2.75) is 70.8 Å². The molecule has 1 unspecified atom stereocenters. The van der Waals surface area contributed by atoms with Crippen LogP contribution in [-0.2, 0) is 19.1 Å². The number of nitrogens with two attached hydrogens (primary N) is 1. The molecule has 0 fully saturated rings. The zero-order chi connectivity index (χ0) is 15.4. The van der Waals surface area contributed by atoms with Gasteiger partial charge in [-0.25, -0.2) is 4.79 Å². The summed E-state index contributed by atoms with van der Waals surface area (Å²) in [4.78, 5) is 32.9. The van der Waals surface area contributed by atoms with Gasteiger partial charge in [0.15, 0.2) is 0 Å². The van der Waals surface area contributed by atoms with E-state index in [1.807, 2.05) is 0 Å². The Hall–Kier alpha value is 0.570. The third-order valence-corrected chi connectivity index (χ3v) is 2.90. The molecule has 0 saturated carbocycles. The molecule has 0 heterocycles. The van der Waals surface area contributed by atoms with Crippen molar-refractivity contribution in [3.05, 3.63) is 0 Å². The molecule has 0 aromatic rings. The van der Waals surface area contributed by atoms with Crippen molar-refractivity contribution in [2.75, 3.05) is 0 Å². The molecule has 0 aromatic carbocycles. The van der Waals surface area contributed by atoms with Crippen LogP contribution in [0.2, 0.25) is 0 Å². The van der Waals surface area contributed by atoms with Crippen LogP contribution in [0, 0.1) is 0 Å². The van der Waals surface area contributed by atoms with Crippen molar-refractivity contribution in [2.24, 2.45) is 5.73 Å². The van der Waals surface area contributed by atoms with Gasteiger partial charge in [0.25, 0.3) is 0 Å². The molecule has 0 spiro atoms. The number of carbonyl (C=O) groups excluding carboxylic acids is 2. The van der Waals surface area contributed by atoms with E-state index in [1.165, 1.54) is 19.3 Å². The fourth-order valence-corrected chi connectivity index (χ4v) is 1.74. The number of esters is 2. The number of aliphatic carboxylic acids is 1. The van der Waals surface area contributed by atoms with Crippen molar-refractivity contribution >= 4 is 17.9 Å². The van der Waals surface area contributed by atoms with Gasteiger partial charge >= 0.3 is 77.0 Å². The minimum Gasteiger partial charge on any atom is -1.00 e. The van der Waals surface area contributed by atoms with Gasteiger partial charge in [-0.3, -0.25) is 9.59 Å². The van der Waals surface area contributed by atoms with Crippen molar-refractivity contribution in [3.8, 4) is 0 Å². The van der Waals surface area contributed by atoms with Crippen LogP contribution >= 0.6 is 0 Å². The third kappa shape index (κ3) is 16.9. The van der Waals surface area contributed by atoms with Crippen molar-refractivity contribution < 1.29 is 86.2 Å². The van der Waals surface area contributed by atoms with E-state index in [0.29, 0.717) is 6.42 Å². The summed E-state index contributed by atoms with van der Waals surface area (Å²) in [5.41, 5.74) is 5.28. The summed E-state index contributed by atoms with van der Waals surface area (Å²) in [6, 6.07) is -1.29. The molecule has 0 aliphatic heterocycles. The zero-order valence-electron chi connectivity index (χ0n) is 16.1. The molecule has 0 amide bonds. The van der Waals surface area contributed by atoms with Gasteiger partial charge in [0, 0.05) is 6.42 Å². The van der Waals surface area contributed by atoms with Crippen LogP contribution in [0.4, 0.5) is 0 Å². The molecule has 0 aromatic heterocycles. The van der Waals surface area contributed by atoms with Crippen molar-refractivity contribution in [1.82, 2.24) is 0 Å². The number of hydrogen-bond acceptors (Lipinski definition) is 5. The Bertz CT molecular complexity index is 336. The molecular formula is C14H27NNa2O5. The third-order valence-electron chi connectivity index (χ3n) is 2.90. The second-order valence-electron chi connectivity index (χ2n) is 4.87. The average Bonchev–Trinajstić information content (AvgIpc) is 2.36. The van der Waals surface area contributed by atoms with Gasteiger partial charge in [-0.15, -0.1) is 0 Å². The monoisotopic (exact) mass is 335 g/mol. The molecule has 0 aliphatic rings. The molecule has 3 N–H and O–H groups in total. The van der Waals surface area contributed by atoms with Crippen LogP contribution in [0.25, 0.3) is 0 Å². The van der Waals surface area contributed by atoms with E-state index in [9.17, 15) is 14.4 Å². The molecule has 6 nitrogen and oxygen atoms in total. The Morgan fingerprint density at radius 2 is 1.55 bits per heavy atom. The van der Waals surface area contributed by atoms with Crippen LogP contribution in [0.15, 0.2) is 0 Å². The van der Waals surface area contributed by atoms with Crippen molar-refractivity contribution in [1.29, 1.82) is 0 Å². The number of hydrogen-bond donors (Lipinski definition) is 2. The minimum atomic E-state index is -1.29. The first-order valence-corrected chi connectivity index (χ1v) is 7.19. The normalized spacial score (nSPS) is 10.8. The van der Waals surface area contributed by atoms with Crippen LogP contribution < -0.4 is 64.8 Å². The van der Waals surface area contributed by atoms with Gasteiger partial charge in [-0.2, -0.15) is 0 Å². The summed E-state index contributed by atoms with van der Waals surface area (Å²) in [5, 5.41) is 8.46. The Morgan fingerprint density at radius 1 is 1.05 bits per heavy atom. The van der Waals surface area contributed by atoms with E-state index in [-0.39, 0.29) is 68.4 Å². The van der Waals surface area contributed by atoms with E-state index in [0.717, 1.165) is 19.3 Å². The second-order valence-corrected chi connectivity index (χ2v) is 4.87. The molecule has 8 heteroatoms. The Kier molecular flexibility index (Phi) is 22.3. The maximum Gasteiger partial charge on any atom is 1.00 e. The Labute approximate surface area is 179 Å². The van der Waals surface area contributed by atoms with Gasteiger partial charge in [0.05, 0.1) is 6.42 Å². The van der Waals surface area contributed by atoms with E-state index in [4.69, 9.17) is 10.8 Å². The van der Waals surface area contributed by atoms with Gasteiger partial charge in [0.2, 0.25) is 0 Å².